The van der Waals surface area contributed by atoms with Crippen LogP contribution in [0.25, 0.3) is 21.8 Å². The van der Waals surface area contributed by atoms with Crippen molar-refractivity contribution >= 4 is 33.8 Å². The van der Waals surface area contributed by atoms with Crippen LogP contribution < -0.4 is 10.6 Å². The lowest BCUT2D eigenvalue weighted by Gasteiger charge is -2.19. The Hall–Kier alpha value is -3.09. The predicted octanol–water partition coefficient (Wildman–Crippen LogP) is 2.97. The molecule has 0 atom stereocenters. The topological polar surface area (TPSA) is 96.1 Å². The Labute approximate surface area is 151 Å². The first-order valence-electron chi connectivity index (χ1n) is 8.45. The summed E-state index contributed by atoms with van der Waals surface area (Å²) >= 11 is 0. The SMILES string of the molecule is CC(C)(C)OC(=O)NCCNC(=O)c1nccc2c1[nH]c1ccccc12. The van der Waals surface area contributed by atoms with Crippen molar-refractivity contribution in [1.82, 2.24) is 20.6 Å². The highest BCUT2D eigenvalue weighted by atomic mass is 16.6. The number of carbonyl (C=O) groups excluding carboxylic acids is 2. The predicted molar refractivity (Wildman–Crippen MR) is 100 cm³/mol. The van der Waals surface area contributed by atoms with Crippen LogP contribution in [0, 0.1) is 0 Å². The van der Waals surface area contributed by atoms with Crippen molar-refractivity contribution in [3.05, 3.63) is 42.2 Å². The van der Waals surface area contributed by atoms with E-state index in [2.05, 4.69) is 20.6 Å². The second kappa shape index (κ2) is 7.03. The summed E-state index contributed by atoms with van der Waals surface area (Å²) in [5, 5.41) is 7.36. The first-order chi connectivity index (χ1) is 12.3. The number of aromatic amines is 1. The van der Waals surface area contributed by atoms with E-state index in [-0.39, 0.29) is 19.0 Å². The third-order valence-corrected chi connectivity index (χ3v) is 3.72. The molecule has 1 aromatic carbocycles. The summed E-state index contributed by atoms with van der Waals surface area (Å²) in [5.74, 6) is -0.298. The fraction of sp³-hybridized carbons (Fsp3) is 0.316. The second-order valence-electron chi connectivity index (χ2n) is 6.94. The summed E-state index contributed by atoms with van der Waals surface area (Å²) in [6.45, 7) is 5.92. The minimum atomic E-state index is -0.553. The highest BCUT2D eigenvalue weighted by Crippen LogP contribution is 2.26. The molecule has 2 aromatic heterocycles. The van der Waals surface area contributed by atoms with Crippen molar-refractivity contribution < 1.29 is 14.3 Å². The van der Waals surface area contributed by atoms with Gasteiger partial charge in [0.25, 0.3) is 5.91 Å². The Morgan fingerprint density at radius 3 is 2.58 bits per heavy atom. The maximum absolute atomic E-state index is 12.5. The minimum absolute atomic E-state index is 0.267. The van der Waals surface area contributed by atoms with Crippen molar-refractivity contribution in [1.29, 1.82) is 0 Å². The lowest BCUT2D eigenvalue weighted by Crippen LogP contribution is -2.38. The van der Waals surface area contributed by atoms with Crippen molar-refractivity contribution in [3.8, 4) is 0 Å². The Morgan fingerprint density at radius 1 is 1.08 bits per heavy atom. The van der Waals surface area contributed by atoms with Gasteiger partial charge in [-0.1, -0.05) is 18.2 Å². The van der Waals surface area contributed by atoms with Crippen molar-refractivity contribution in [2.45, 2.75) is 26.4 Å². The van der Waals surface area contributed by atoms with E-state index in [0.717, 1.165) is 16.3 Å². The first-order valence-corrected chi connectivity index (χ1v) is 8.45. The molecule has 7 nitrogen and oxygen atoms in total. The molecule has 136 valence electrons. The average molecular weight is 354 g/mol. The maximum atomic E-state index is 12.5. The monoisotopic (exact) mass is 354 g/mol. The number of aromatic nitrogens is 2. The summed E-state index contributed by atoms with van der Waals surface area (Å²) in [6.07, 6.45) is 1.11. The number of para-hydroxylation sites is 1. The van der Waals surface area contributed by atoms with Gasteiger partial charge in [0, 0.05) is 35.6 Å². The quantitative estimate of drug-likeness (QED) is 0.628. The molecule has 2 amide bonds. The highest BCUT2D eigenvalue weighted by molar-refractivity contribution is 6.13. The molecule has 2 heterocycles. The van der Waals surface area contributed by atoms with Crippen LogP contribution in [0.15, 0.2) is 36.5 Å². The van der Waals surface area contributed by atoms with E-state index < -0.39 is 11.7 Å². The summed E-state index contributed by atoms with van der Waals surface area (Å²) in [7, 11) is 0. The molecule has 0 unspecified atom stereocenters. The Kier molecular flexibility index (Phi) is 4.79. The molecule has 0 saturated carbocycles. The molecular formula is C19H22N4O3. The number of fused-ring (bicyclic) bond motifs is 3. The molecule has 0 saturated heterocycles. The van der Waals surface area contributed by atoms with Gasteiger partial charge in [0.05, 0.1) is 5.52 Å². The number of hydrogen-bond donors (Lipinski definition) is 3. The third-order valence-electron chi connectivity index (χ3n) is 3.72. The van der Waals surface area contributed by atoms with E-state index in [4.69, 9.17) is 4.74 Å². The molecule has 0 radical (unpaired) electrons. The molecule has 3 aromatic rings. The molecule has 0 bridgehead atoms. The van der Waals surface area contributed by atoms with E-state index in [1.54, 1.807) is 27.0 Å². The average Bonchev–Trinajstić information content (AvgIpc) is 2.95. The van der Waals surface area contributed by atoms with Crippen molar-refractivity contribution in [2.75, 3.05) is 13.1 Å². The number of rotatable bonds is 4. The molecule has 0 aliphatic rings. The molecule has 0 spiro atoms. The number of hydrogen-bond acceptors (Lipinski definition) is 4. The van der Waals surface area contributed by atoms with Crippen LogP contribution in [0.3, 0.4) is 0 Å². The summed E-state index contributed by atoms with van der Waals surface area (Å²) in [5.41, 5.74) is 1.43. The van der Waals surface area contributed by atoms with Gasteiger partial charge in [-0.05, 0) is 32.9 Å². The Morgan fingerprint density at radius 2 is 1.81 bits per heavy atom. The number of amides is 2. The summed E-state index contributed by atoms with van der Waals surface area (Å²) in [4.78, 5) is 31.5. The van der Waals surface area contributed by atoms with Gasteiger partial charge in [-0.2, -0.15) is 0 Å². The molecular weight excluding hydrogens is 332 g/mol. The fourth-order valence-electron chi connectivity index (χ4n) is 2.69. The van der Waals surface area contributed by atoms with Crippen molar-refractivity contribution in [2.24, 2.45) is 0 Å². The van der Waals surface area contributed by atoms with Gasteiger partial charge in [0.1, 0.15) is 5.60 Å². The normalized spacial score (nSPS) is 11.5. The number of alkyl carbamates (subject to hydrolysis) is 1. The number of nitrogens with zero attached hydrogens (tertiary/aromatic N) is 1. The van der Waals surface area contributed by atoms with Gasteiger partial charge in [0.2, 0.25) is 0 Å². The van der Waals surface area contributed by atoms with Crippen LogP contribution in [0.5, 0.6) is 0 Å². The number of pyridine rings is 1. The number of ether oxygens (including phenoxy) is 1. The van der Waals surface area contributed by atoms with E-state index in [1.807, 2.05) is 30.3 Å². The standard InChI is InChI=1S/C19H22N4O3/c1-19(2,3)26-18(25)22-11-10-21-17(24)16-15-13(8-9-20-16)12-6-4-5-7-14(12)23-15/h4-9,23H,10-11H2,1-3H3,(H,21,24)(H,22,25). The Balaban J connectivity index is 1.64. The first kappa shape index (κ1) is 17.7. The van der Waals surface area contributed by atoms with Gasteiger partial charge in [-0.3, -0.25) is 4.79 Å². The highest BCUT2D eigenvalue weighted by Gasteiger charge is 2.17. The summed E-state index contributed by atoms with van der Waals surface area (Å²) < 4.78 is 5.14. The zero-order valence-electron chi connectivity index (χ0n) is 15.1. The molecule has 3 rings (SSSR count). The van der Waals surface area contributed by atoms with Crippen LogP contribution in [0.4, 0.5) is 4.79 Å². The molecule has 3 N–H and O–H groups in total. The second-order valence-corrected chi connectivity index (χ2v) is 6.94. The molecule has 26 heavy (non-hydrogen) atoms. The smallest absolute Gasteiger partial charge is 0.407 e. The van der Waals surface area contributed by atoms with Crippen molar-refractivity contribution in [3.63, 3.8) is 0 Å². The van der Waals surface area contributed by atoms with Crippen LogP contribution in [0.1, 0.15) is 31.3 Å². The Bertz CT molecular complexity index is 956. The van der Waals surface area contributed by atoms with Crippen LogP contribution in [-0.2, 0) is 4.74 Å². The van der Waals surface area contributed by atoms with E-state index >= 15 is 0 Å². The third kappa shape index (κ3) is 3.93. The molecule has 0 fully saturated rings. The van der Waals surface area contributed by atoms with Crippen LogP contribution in [0.2, 0.25) is 0 Å². The van der Waals surface area contributed by atoms with Gasteiger partial charge in [0.15, 0.2) is 5.69 Å². The number of benzene rings is 1. The van der Waals surface area contributed by atoms with Gasteiger partial charge in [-0.15, -0.1) is 0 Å². The lowest BCUT2D eigenvalue weighted by atomic mass is 10.1. The fourth-order valence-corrected chi connectivity index (χ4v) is 2.69. The van der Waals surface area contributed by atoms with E-state index in [1.165, 1.54) is 0 Å². The van der Waals surface area contributed by atoms with Gasteiger partial charge in [-0.25, -0.2) is 9.78 Å². The molecule has 7 heteroatoms. The largest absolute Gasteiger partial charge is 0.444 e. The molecule has 0 aliphatic carbocycles. The molecule has 0 aliphatic heterocycles. The minimum Gasteiger partial charge on any atom is -0.444 e. The van der Waals surface area contributed by atoms with Crippen LogP contribution in [-0.4, -0.2) is 40.7 Å². The number of carbonyl (C=O) groups is 2. The van der Waals surface area contributed by atoms with E-state index in [0.29, 0.717) is 11.2 Å². The van der Waals surface area contributed by atoms with E-state index in [9.17, 15) is 9.59 Å². The van der Waals surface area contributed by atoms with Gasteiger partial charge >= 0.3 is 6.09 Å². The zero-order chi connectivity index (χ0) is 18.7. The maximum Gasteiger partial charge on any atom is 0.407 e. The zero-order valence-corrected chi connectivity index (χ0v) is 15.1. The van der Waals surface area contributed by atoms with Gasteiger partial charge < -0.3 is 20.4 Å². The number of H-pyrrole nitrogens is 1. The van der Waals surface area contributed by atoms with Crippen LogP contribution >= 0.6 is 0 Å². The summed E-state index contributed by atoms with van der Waals surface area (Å²) in [6, 6.07) is 9.74. The lowest BCUT2D eigenvalue weighted by molar-refractivity contribution is 0.0526. The number of nitrogens with one attached hydrogen (secondary N) is 3.